The quantitative estimate of drug-likeness (QED) is 0.904. The van der Waals surface area contributed by atoms with Crippen molar-refractivity contribution in [3.8, 4) is 0 Å². The average molecular weight is 332 g/mol. The molecule has 2 aliphatic heterocycles. The summed E-state index contributed by atoms with van der Waals surface area (Å²) in [5, 5.41) is 3.25. The minimum Gasteiger partial charge on any atom is -0.370 e. The number of amides is 1. The molecule has 132 valence electrons. The number of carbonyl (C=O) groups is 1. The van der Waals surface area contributed by atoms with Crippen LogP contribution < -0.4 is 15.8 Å². The van der Waals surface area contributed by atoms with Gasteiger partial charge in [0.2, 0.25) is 5.91 Å². The van der Waals surface area contributed by atoms with Gasteiger partial charge < -0.3 is 19.7 Å². The largest absolute Gasteiger partial charge is 0.370 e. The van der Waals surface area contributed by atoms with E-state index in [1.807, 2.05) is 24.1 Å². The molecule has 1 aromatic rings. The van der Waals surface area contributed by atoms with Crippen LogP contribution in [0.5, 0.6) is 0 Å². The third kappa shape index (κ3) is 3.80. The normalized spacial score (nSPS) is 20.5. The van der Waals surface area contributed by atoms with Crippen molar-refractivity contribution in [3.05, 3.63) is 28.7 Å². The van der Waals surface area contributed by atoms with Crippen molar-refractivity contribution in [3.63, 3.8) is 0 Å². The molecule has 24 heavy (non-hydrogen) atoms. The molecule has 0 saturated carbocycles. The van der Waals surface area contributed by atoms with Gasteiger partial charge in [0.25, 0.3) is 5.56 Å². The molecule has 3 heterocycles. The van der Waals surface area contributed by atoms with E-state index in [0.717, 1.165) is 31.9 Å². The van der Waals surface area contributed by atoms with Gasteiger partial charge in [-0.1, -0.05) is 12.8 Å². The molecule has 0 bridgehead atoms. The van der Waals surface area contributed by atoms with Crippen LogP contribution in [0.25, 0.3) is 0 Å². The number of rotatable bonds is 3. The molecule has 1 N–H and O–H groups in total. The molecule has 2 fully saturated rings. The van der Waals surface area contributed by atoms with Gasteiger partial charge in [-0.3, -0.25) is 9.59 Å². The summed E-state index contributed by atoms with van der Waals surface area (Å²) in [5.74, 6) is 0.0339. The monoisotopic (exact) mass is 332 g/mol. The lowest BCUT2D eigenvalue weighted by atomic mass is 10.2. The Balaban J connectivity index is 1.79. The Labute approximate surface area is 143 Å². The smallest absolute Gasteiger partial charge is 0.251 e. The zero-order valence-corrected chi connectivity index (χ0v) is 14.5. The number of aromatic nitrogens is 1. The number of anilines is 1. The third-order valence-electron chi connectivity index (χ3n) is 5.10. The molecular formula is C18H28N4O2. The summed E-state index contributed by atoms with van der Waals surface area (Å²) in [6.07, 6.45) is 6.79. The van der Waals surface area contributed by atoms with E-state index in [0.29, 0.717) is 13.1 Å². The molecule has 1 aromatic heterocycles. The Morgan fingerprint density at radius 3 is 2.38 bits per heavy atom. The van der Waals surface area contributed by atoms with Crippen LogP contribution in [0.4, 0.5) is 5.69 Å². The Bertz CT molecular complexity index is 614. The zero-order valence-electron chi connectivity index (χ0n) is 14.5. The van der Waals surface area contributed by atoms with Gasteiger partial charge in [-0.05, 0) is 25.8 Å². The van der Waals surface area contributed by atoms with E-state index in [1.165, 1.54) is 25.7 Å². The number of nitrogens with one attached hydrogen (secondary N) is 1. The van der Waals surface area contributed by atoms with Crippen LogP contribution in [0.3, 0.4) is 0 Å². The number of carbonyl (C=O) groups excluding carboxylic acids is 1. The van der Waals surface area contributed by atoms with Gasteiger partial charge in [-0.2, -0.15) is 0 Å². The highest BCUT2D eigenvalue weighted by Crippen LogP contribution is 2.20. The van der Waals surface area contributed by atoms with Crippen LogP contribution in [0.15, 0.2) is 23.1 Å². The van der Waals surface area contributed by atoms with E-state index in [-0.39, 0.29) is 11.5 Å². The molecule has 1 atom stereocenters. The zero-order chi connectivity index (χ0) is 16.9. The first-order valence-corrected chi connectivity index (χ1v) is 9.13. The van der Waals surface area contributed by atoms with Crippen molar-refractivity contribution in [1.82, 2.24) is 14.8 Å². The van der Waals surface area contributed by atoms with Gasteiger partial charge in [0.1, 0.15) is 6.04 Å². The fraction of sp³-hybridized carbons (Fsp3) is 0.667. The van der Waals surface area contributed by atoms with E-state index in [4.69, 9.17) is 0 Å². The van der Waals surface area contributed by atoms with Crippen LogP contribution in [0, 0.1) is 0 Å². The molecule has 1 amide bonds. The Hall–Kier alpha value is -1.82. The van der Waals surface area contributed by atoms with Crippen molar-refractivity contribution in [2.45, 2.75) is 38.6 Å². The maximum atomic E-state index is 12.7. The lowest BCUT2D eigenvalue weighted by Crippen LogP contribution is -2.49. The first-order valence-electron chi connectivity index (χ1n) is 9.13. The summed E-state index contributed by atoms with van der Waals surface area (Å²) in [5.41, 5.74) is 0.945. The fourth-order valence-electron chi connectivity index (χ4n) is 3.58. The Morgan fingerprint density at radius 1 is 1.04 bits per heavy atom. The number of hydrogen-bond donors (Lipinski definition) is 1. The minimum atomic E-state index is -0.456. The third-order valence-corrected chi connectivity index (χ3v) is 5.10. The minimum absolute atomic E-state index is 0.0339. The summed E-state index contributed by atoms with van der Waals surface area (Å²) in [6, 6.07) is 3.04. The van der Waals surface area contributed by atoms with E-state index >= 15 is 0 Å². The lowest BCUT2D eigenvalue weighted by molar-refractivity contribution is -0.134. The van der Waals surface area contributed by atoms with Crippen LogP contribution in [-0.4, -0.2) is 54.6 Å². The number of pyridine rings is 1. The molecule has 0 radical (unpaired) electrons. The predicted molar refractivity (Wildman–Crippen MR) is 95.5 cm³/mol. The standard InChI is InChI=1S/C18H28N4O2/c1-15(18(24)21-12-8-19-9-13-21)22-14-16(6-7-17(22)23)20-10-4-2-3-5-11-20/h6-7,14-15,19H,2-5,8-13H2,1H3. The van der Waals surface area contributed by atoms with Crippen molar-refractivity contribution in [1.29, 1.82) is 0 Å². The SMILES string of the molecule is CC(C(=O)N1CCNCC1)n1cc(N2CCCCCC2)ccc1=O. The van der Waals surface area contributed by atoms with Gasteiger partial charge in [0.05, 0.1) is 5.69 Å². The average Bonchev–Trinajstić information content (AvgIpc) is 2.91. The second kappa shape index (κ2) is 7.83. The van der Waals surface area contributed by atoms with E-state index in [9.17, 15) is 9.59 Å². The van der Waals surface area contributed by atoms with Gasteiger partial charge in [0, 0.05) is 51.5 Å². The summed E-state index contributed by atoms with van der Waals surface area (Å²) >= 11 is 0. The molecule has 0 aliphatic carbocycles. The second-order valence-electron chi connectivity index (χ2n) is 6.79. The molecule has 0 spiro atoms. The molecule has 6 nitrogen and oxygen atoms in total. The predicted octanol–water partition coefficient (Wildman–Crippen LogP) is 1.22. The number of nitrogens with zero attached hydrogens (tertiary/aromatic N) is 3. The first-order chi connectivity index (χ1) is 11.7. The van der Waals surface area contributed by atoms with Crippen LogP contribution in [0.1, 0.15) is 38.6 Å². The molecule has 6 heteroatoms. The highest BCUT2D eigenvalue weighted by molar-refractivity contribution is 5.80. The van der Waals surface area contributed by atoms with Crippen molar-refractivity contribution in [2.24, 2.45) is 0 Å². The Kier molecular flexibility index (Phi) is 5.56. The summed E-state index contributed by atoms with van der Waals surface area (Å²) in [4.78, 5) is 29.2. The molecule has 2 aliphatic rings. The maximum absolute atomic E-state index is 12.7. The van der Waals surface area contributed by atoms with Gasteiger partial charge >= 0.3 is 0 Å². The maximum Gasteiger partial charge on any atom is 0.251 e. The molecular weight excluding hydrogens is 304 g/mol. The van der Waals surface area contributed by atoms with E-state index < -0.39 is 6.04 Å². The Morgan fingerprint density at radius 2 is 1.71 bits per heavy atom. The topological polar surface area (TPSA) is 57.6 Å². The van der Waals surface area contributed by atoms with E-state index in [2.05, 4.69) is 10.2 Å². The first kappa shape index (κ1) is 17.0. The lowest BCUT2D eigenvalue weighted by Gasteiger charge is -2.31. The molecule has 2 saturated heterocycles. The van der Waals surface area contributed by atoms with Gasteiger partial charge in [0.15, 0.2) is 0 Å². The summed E-state index contributed by atoms with van der Waals surface area (Å²) < 4.78 is 1.60. The highest BCUT2D eigenvalue weighted by Gasteiger charge is 2.24. The van der Waals surface area contributed by atoms with Gasteiger partial charge in [-0.15, -0.1) is 0 Å². The van der Waals surface area contributed by atoms with Gasteiger partial charge in [-0.25, -0.2) is 0 Å². The van der Waals surface area contributed by atoms with Crippen molar-refractivity contribution < 1.29 is 4.79 Å². The van der Waals surface area contributed by atoms with Crippen LogP contribution in [-0.2, 0) is 4.79 Å². The second-order valence-corrected chi connectivity index (χ2v) is 6.79. The number of hydrogen-bond acceptors (Lipinski definition) is 4. The highest BCUT2D eigenvalue weighted by atomic mass is 16.2. The van der Waals surface area contributed by atoms with Crippen LogP contribution in [0.2, 0.25) is 0 Å². The summed E-state index contributed by atoms with van der Waals surface area (Å²) in [6.45, 7) is 6.95. The van der Waals surface area contributed by atoms with Crippen molar-refractivity contribution in [2.75, 3.05) is 44.2 Å². The molecule has 1 unspecified atom stereocenters. The van der Waals surface area contributed by atoms with Crippen LogP contribution >= 0.6 is 0 Å². The summed E-state index contributed by atoms with van der Waals surface area (Å²) in [7, 11) is 0. The van der Waals surface area contributed by atoms with Crippen molar-refractivity contribution >= 4 is 11.6 Å². The molecule has 0 aromatic carbocycles. The van der Waals surface area contributed by atoms with E-state index in [1.54, 1.807) is 10.6 Å². The fourth-order valence-corrected chi connectivity index (χ4v) is 3.58. The number of piperazine rings is 1. The molecule has 3 rings (SSSR count).